The first-order valence-corrected chi connectivity index (χ1v) is 8.34. The smallest absolute Gasteiger partial charge is 0.334 e. The normalized spacial score (nSPS) is 10.8. The minimum atomic E-state index is -0.531. The van der Waals surface area contributed by atoms with Crippen LogP contribution in [0.2, 0.25) is 0 Å². The number of nitrogens with one attached hydrogen (secondary N) is 1. The number of nitro groups is 1. The number of para-hydroxylation sites is 2. The van der Waals surface area contributed by atoms with Gasteiger partial charge in [-0.15, -0.1) is 0 Å². The fraction of sp³-hybridized carbons (Fsp3) is 0.0526. The summed E-state index contributed by atoms with van der Waals surface area (Å²) in [6.45, 7) is 1.47. The highest BCUT2D eigenvalue weighted by Crippen LogP contribution is 2.31. The summed E-state index contributed by atoms with van der Waals surface area (Å²) in [6, 6.07) is 13.9. The number of carbonyl (C=O) groups excluding carboxylic acids is 1. The molecule has 0 aliphatic heterocycles. The molecule has 4 rings (SSSR count). The second-order valence-electron chi connectivity index (χ2n) is 6.01. The highest BCUT2D eigenvalue weighted by atomic mass is 16.6. The molecule has 28 heavy (non-hydrogen) atoms. The SMILES string of the molecule is CC(=O)c1ccc(Nc2ncnc(-n3cnc4ccccc43)c2[N+](=O)[O-])cc1. The van der Waals surface area contributed by atoms with Crippen LogP contribution in [-0.2, 0) is 0 Å². The largest absolute Gasteiger partial charge is 0.354 e. The minimum Gasteiger partial charge on any atom is -0.334 e. The highest BCUT2D eigenvalue weighted by Gasteiger charge is 2.25. The number of hydrogen-bond acceptors (Lipinski definition) is 7. The summed E-state index contributed by atoms with van der Waals surface area (Å²) in [5.41, 5.74) is 2.23. The zero-order chi connectivity index (χ0) is 19.7. The molecule has 0 amide bonds. The van der Waals surface area contributed by atoms with E-state index in [1.165, 1.54) is 19.6 Å². The van der Waals surface area contributed by atoms with Gasteiger partial charge in [0.05, 0.1) is 16.0 Å². The van der Waals surface area contributed by atoms with Crippen molar-refractivity contribution < 1.29 is 9.72 Å². The maximum Gasteiger partial charge on any atom is 0.354 e. The monoisotopic (exact) mass is 374 g/mol. The van der Waals surface area contributed by atoms with Crippen LogP contribution in [0.3, 0.4) is 0 Å². The van der Waals surface area contributed by atoms with Gasteiger partial charge in [0.25, 0.3) is 0 Å². The second-order valence-corrected chi connectivity index (χ2v) is 6.01. The molecule has 2 aromatic carbocycles. The molecule has 138 valence electrons. The van der Waals surface area contributed by atoms with Gasteiger partial charge in [-0.1, -0.05) is 12.1 Å². The lowest BCUT2D eigenvalue weighted by molar-refractivity contribution is -0.384. The summed E-state index contributed by atoms with van der Waals surface area (Å²) in [7, 11) is 0. The summed E-state index contributed by atoms with van der Waals surface area (Å²) in [6.07, 6.45) is 2.74. The van der Waals surface area contributed by atoms with E-state index in [-0.39, 0.29) is 23.1 Å². The predicted octanol–water partition coefficient (Wildman–Crippen LogP) is 3.67. The maximum atomic E-state index is 11.8. The summed E-state index contributed by atoms with van der Waals surface area (Å²) in [5, 5.41) is 14.7. The predicted molar refractivity (Wildman–Crippen MR) is 103 cm³/mol. The Kier molecular flexibility index (Phi) is 4.24. The maximum absolute atomic E-state index is 11.8. The van der Waals surface area contributed by atoms with Crippen LogP contribution >= 0.6 is 0 Å². The Bertz CT molecular complexity index is 1200. The van der Waals surface area contributed by atoms with Crippen molar-refractivity contribution in [3.8, 4) is 5.82 Å². The van der Waals surface area contributed by atoms with Gasteiger partial charge in [-0.05, 0) is 43.3 Å². The van der Waals surface area contributed by atoms with Gasteiger partial charge in [0, 0.05) is 11.3 Å². The standard InChI is InChI=1S/C19H14N6O3/c1-12(26)13-6-8-14(9-7-13)23-18-17(25(27)28)19(21-10-20-18)24-11-22-15-4-2-3-5-16(15)24/h2-11H,1H3,(H,20,21,23). The Hall–Kier alpha value is -4.14. The molecule has 0 radical (unpaired) electrons. The zero-order valence-electron chi connectivity index (χ0n) is 14.7. The molecule has 9 nitrogen and oxygen atoms in total. The van der Waals surface area contributed by atoms with E-state index in [1.807, 2.05) is 24.3 Å². The van der Waals surface area contributed by atoms with Crippen molar-refractivity contribution in [3.63, 3.8) is 0 Å². The number of aromatic nitrogens is 4. The Morgan fingerprint density at radius 2 is 1.82 bits per heavy atom. The summed E-state index contributed by atoms with van der Waals surface area (Å²) in [5.74, 6) is 0.0914. The second kappa shape index (κ2) is 6.88. The Morgan fingerprint density at radius 3 is 2.54 bits per heavy atom. The van der Waals surface area contributed by atoms with Crippen LogP contribution in [0.5, 0.6) is 0 Å². The van der Waals surface area contributed by atoms with E-state index in [4.69, 9.17) is 0 Å². The van der Waals surface area contributed by atoms with E-state index in [9.17, 15) is 14.9 Å². The summed E-state index contributed by atoms with van der Waals surface area (Å²) in [4.78, 5) is 35.1. The molecule has 0 fully saturated rings. The van der Waals surface area contributed by atoms with Crippen LogP contribution in [0, 0.1) is 10.1 Å². The van der Waals surface area contributed by atoms with Crippen molar-refractivity contribution in [2.24, 2.45) is 0 Å². The lowest BCUT2D eigenvalue weighted by Gasteiger charge is -2.10. The number of rotatable bonds is 5. The van der Waals surface area contributed by atoms with Crippen molar-refractivity contribution in [1.29, 1.82) is 0 Å². The first-order chi connectivity index (χ1) is 13.5. The third-order valence-corrected chi connectivity index (χ3v) is 4.22. The van der Waals surface area contributed by atoms with Crippen molar-refractivity contribution in [3.05, 3.63) is 76.9 Å². The van der Waals surface area contributed by atoms with Crippen LogP contribution in [0.4, 0.5) is 17.2 Å². The van der Waals surface area contributed by atoms with E-state index >= 15 is 0 Å². The number of anilines is 2. The number of nitrogens with zero attached hydrogens (tertiary/aromatic N) is 5. The molecule has 0 spiro atoms. The molecule has 4 aromatic rings. The van der Waals surface area contributed by atoms with E-state index < -0.39 is 4.92 Å². The lowest BCUT2D eigenvalue weighted by atomic mass is 10.1. The number of Topliss-reactive ketones (excluding diaryl/α,β-unsaturated/α-hetero) is 1. The van der Waals surface area contributed by atoms with Crippen LogP contribution in [0.1, 0.15) is 17.3 Å². The fourth-order valence-electron chi connectivity index (χ4n) is 2.86. The van der Waals surface area contributed by atoms with E-state index in [0.717, 1.165) is 0 Å². The average Bonchev–Trinajstić information content (AvgIpc) is 3.12. The van der Waals surface area contributed by atoms with Crippen LogP contribution in [0.15, 0.2) is 61.2 Å². The van der Waals surface area contributed by atoms with Gasteiger partial charge >= 0.3 is 5.69 Å². The quantitative estimate of drug-likeness (QED) is 0.322. The number of fused-ring (bicyclic) bond motifs is 1. The van der Waals surface area contributed by atoms with Gasteiger partial charge in [-0.2, -0.15) is 0 Å². The minimum absolute atomic E-state index is 0.0448. The van der Waals surface area contributed by atoms with Gasteiger partial charge in [0.15, 0.2) is 5.78 Å². The fourth-order valence-corrected chi connectivity index (χ4v) is 2.86. The molecule has 0 saturated carbocycles. The number of benzene rings is 2. The molecule has 1 N–H and O–H groups in total. The van der Waals surface area contributed by atoms with E-state index in [2.05, 4.69) is 20.3 Å². The summed E-state index contributed by atoms with van der Waals surface area (Å²) >= 11 is 0. The molecule has 0 saturated heterocycles. The van der Waals surface area contributed by atoms with Crippen molar-refractivity contribution >= 4 is 34.0 Å². The Labute approximate surface area is 158 Å². The molecule has 0 aliphatic carbocycles. The Morgan fingerprint density at radius 1 is 1.07 bits per heavy atom. The van der Waals surface area contributed by atoms with Crippen LogP contribution in [-0.4, -0.2) is 30.2 Å². The van der Waals surface area contributed by atoms with E-state index in [0.29, 0.717) is 22.3 Å². The first kappa shape index (κ1) is 17.3. The molecule has 0 unspecified atom stereocenters. The first-order valence-electron chi connectivity index (χ1n) is 8.34. The van der Waals surface area contributed by atoms with Crippen LogP contribution < -0.4 is 5.32 Å². The number of imidazole rings is 1. The molecule has 0 bridgehead atoms. The van der Waals surface area contributed by atoms with Crippen molar-refractivity contribution in [2.75, 3.05) is 5.32 Å². The van der Waals surface area contributed by atoms with Gasteiger partial charge in [0.1, 0.15) is 12.7 Å². The van der Waals surface area contributed by atoms with E-state index in [1.54, 1.807) is 28.8 Å². The van der Waals surface area contributed by atoms with Crippen molar-refractivity contribution in [2.45, 2.75) is 6.92 Å². The zero-order valence-corrected chi connectivity index (χ0v) is 14.7. The molecule has 0 aliphatic rings. The topological polar surface area (TPSA) is 116 Å². The summed E-state index contributed by atoms with van der Waals surface area (Å²) < 4.78 is 1.55. The van der Waals surface area contributed by atoms with Crippen molar-refractivity contribution in [1.82, 2.24) is 19.5 Å². The number of ketones is 1. The highest BCUT2D eigenvalue weighted by molar-refractivity contribution is 5.94. The van der Waals surface area contributed by atoms with Gasteiger partial charge in [-0.25, -0.2) is 15.0 Å². The molecular weight excluding hydrogens is 360 g/mol. The Balaban J connectivity index is 1.80. The molecule has 0 atom stereocenters. The van der Waals surface area contributed by atoms with Gasteiger partial charge in [-0.3, -0.25) is 19.5 Å². The molecule has 9 heteroatoms. The number of hydrogen-bond donors (Lipinski definition) is 1. The molecule has 2 heterocycles. The third kappa shape index (κ3) is 3.05. The molecule has 2 aromatic heterocycles. The average molecular weight is 374 g/mol. The van der Waals surface area contributed by atoms with Crippen LogP contribution in [0.25, 0.3) is 16.9 Å². The van der Waals surface area contributed by atoms with Gasteiger partial charge < -0.3 is 5.32 Å². The third-order valence-electron chi connectivity index (χ3n) is 4.22. The molecular formula is C19H14N6O3. The van der Waals surface area contributed by atoms with Gasteiger partial charge in [0.2, 0.25) is 11.6 Å². The lowest BCUT2D eigenvalue weighted by Crippen LogP contribution is -2.07. The number of carbonyl (C=O) groups is 1.